The van der Waals surface area contributed by atoms with Crippen molar-refractivity contribution in [1.82, 2.24) is 0 Å². The summed E-state index contributed by atoms with van der Waals surface area (Å²) in [6, 6.07) is 24.6. The fraction of sp³-hybridized carbons (Fsp3) is 0.0769. The zero-order chi connectivity index (χ0) is 22.5. The third-order valence-electron chi connectivity index (χ3n) is 4.94. The van der Waals surface area contributed by atoms with Crippen LogP contribution in [0.1, 0.15) is 27.6 Å². The molecule has 0 amide bonds. The monoisotopic (exact) mass is 424 g/mol. The average Bonchev–Trinajstić information content (AvgIpc) is 2.83. The minimum absolute atomic E-state index is 0.000686. The maximum Gasteiger partial charge on any atom is 0.343 e. The van der Waals surface area contributed by atoms with Crippen LogP contribution in [0.3, 0.4) is 0 Å². The minimum Gasteiger partial charge on any atom is -0.497 e. The predicted octanol–water partition coefficient (Wildman–Crippen LogP) is 6.69. The molecule has 158 valence electrons. The van der Waals surface area contributed by atoms with Crippen molar-refractivity contribution in [3.05, 3.63) is 96.1 Å². The molecular weight excluding hydrogens is 404 g/mol. The standard InChI is InChI=1S/C26H20N2O4/c1-17(29)18-7-11-20(12-8-18)27-28-24-15-16-25(23-6-4-3-5-22(23)24)32-26(30)19-9-13-21(31-2)14-10-19/h3-16H,1-2H3. The molecule has 32 heavy (non-hydrogen) atoms. The molecule has 0 bridgehead atoms. The van der Waals surface area contributed by atoms with E-state index in [9.17, 15) is 9.59 Å². The lowest BCUT2D eigenvalue weighted by molar-refractivity contribution is 0.0737. The first kappa shape index (κ1) is 20.9. The molecule has 0 aliphatic heterocycles. The highest BCUT2D eigenvalue weighted by Crippen LogP contribution is 2.34. The molecule has 0 spiro atoms. The van der Waals surface area contributed by atoms with Gasteiger partial charge < -0.3 is 9.47 Å². The maximum absolute atomic E-state index is 12.6. The topological polar surface area (TPSA) is 77.3 Å². The summed E-state index contributed by atoms with van der Waals surface area (Å²) in [5.74, 6) is 0.640. The summed E-state index contributed by atoms with van der Waals surface area (Å²) >= 11 is 0. The van der Waals surface area contributed by atoms with Crippen LogP contribution < -0.4 is 9.47 Å². The van der Waals surface area contributed by atoms with Gasteiger partial charge in [-0.1, -0.05) is 24.3 Å². The summed E-state index contributed by atoms with van der Waals surface area (Å²) < 4.78 is 10.8. The normalized spacial score (nSPS) is 10.9. The molecule has 0 heterocycles. The maximum atomic E-state index is 12.6. The van der Waals surface area contributed by atoms with Crippen molar-refractivity contribution in [2.24, 2.45) is 10.2 Å². The molecule has 4 aromatic carbocycles. The molecule has 6 nitrogen and oxygen atoms in total. The second kappa shape index (κ2) is 9.22. The lowest BCUT2D eigenvalue weighted by Crippen LogP contribution is -2.08. The van der Waals surface area contributed by atoms with Gasteiger partial charge in [0.25, 0.3) is 0 Å². The van der Waals surface area contributed by atoms with E-state index < -0.39 is 5.97 Å². The Hall–Kier alpha value is -4.32. The van der Waals surface area contributed by atoms with Crippen LogP contribution in [0.15, 0.2) is 95.2 Å². The van der Waals surface area contributed by atoms with Crippen molar-refractivity contribution in [3.8, 4) is 11.5 Å². The van der Waals surface area contributed by atoms with Gasteiger partial charge in [-0.3, -0.25) is 4.79 Å². The summed E-state index contributed by atoms with van der Waals surface area (Å²) in [6.07, 6.45) is 0. The van der Waals surface area contributed by atoms with Crippen LogP contribution >= 0.6 is 0 Å². The van der Waals surface area contributed by atoms with Gasteiger partial charge in [0.05, 0.1) is 24.0 Å². The van der Waals surface area contributed by atoms with Crippen LogP contribution in [0.5, 0.6) is 11.5 Å². The molecule has 0 N–H and O–H groups in total. The van der Waals surface area contributed by atoms with E-state index in [2.05, 4.69) is 10.2 Å². The Morgan fingerprint density at radius 1 is 0.719 bits per heavy atom. The highest BCUT2D eigenvalue weighted by Gasteiger charge is 2.13. The van der Waals surface area contributed by atoms with Crippen molar-refractivity contribution < 1.29 is 19.1 Å². The quantitative estimate of drug-likeness (QED) is 0.150. The number of carbonyl (C=O) groups excluding carboxylic acids is 2. The molecule has 0 radical (unpaired) electrons. The zero-order valence-corrected chi connectivity index (χ0v) is 17.6. The number of hydrogen-bond donors (Lipinski definition) is 0. The van der Waals surface area contributed by atoms with Gasteiger partial charge in [0.2, 0.25) is 0 Å². The number of nitrogens with zero attached hydrogens (tertiary/aromatic N) is 2. The smallest absolute Gasteiger partial charge is 0.343 e. The van der Waals surface area contributed by atoms with E-state index >= 15 is 0 Å². The number of hydrogen-bond acceptors (Lipinski definition) is 6. The molecule has 0 aromatic heterocycles. The van der Waals surface area contributed by atoms with E-state index in [1.54, 1.807) is 67.8 Å². The summed E-state index contributed by atoms with van der Waals surface area (Å²) in [5.41, 5.74) is 2.32. The zero-order valence-electron chi connectivity index (χ0n) is 17.6. The SMILES string of the molecule is COc1ccc(C(=O)Oc2ccc(N=Nc3ccc(C(C)=O)cc3)c3ccccc23)cc1. The van der Waals surface area contributed by atoms with Gasteiger partial charge in [-0.15, -0.1) is 5.11 Å². The van der Waals surface area contributed by atoms with E-state index in [1.165, 1.54) is 6.92 Å². The van der Waals surface area contributed by atoms with Crippen LogP contribution in [0.2, 0.25) is 0 Å². The molecule has 6 heteroatoms. The van der Waals surface area contributed by atoms with Gasteiger partial charge in [0.1, 0.15) is 11.5 Å². The van der Waals surface area contributed by atoms with Crippen molar-refractivity contribution in [2.45, 2.75) is 6.92 Å². The van der Waals surface area contributed by atoms with Crippen molar-refractivity contribution >= 4 is 33.9 Å². The number of fused-ring (bicyclic) bond motifs is 1. The number of methoxy groups -OCH3 is 1. The number of Topliss-reactive ketones (excluding diaryl/α,β-unsaturated/α-hetero) is 1. The first-order valence-electron chi connectivity index (χ1n) is 9.96. The molecule has 0 unspecified atom stereocenters. The molecule has 0 aliphatic carbocycles. The first-order valence-corrected chi connectivity index (χ1v) is 9.96. The second-order valence-electron chi connectivity index (χ2n) is 7.05. The van der Waals surface area contributed by atoms with E-state index in [4.69, 9.17) is 9.47 Å². The van der Waals surface area contributed by atoms with Gasteiger partial charge in [-0.2, -0.15) is 5.11 Å². The molecule has 0 saturated carbocycles. The van der Waals surface area contributed by atoms with Gasteiger partial charge in [-0.05, 0) is 67.6 Å². The van der Waals surface area contributed by atoms with E-state index in [1.807, 2.05) is 24.3 Å². The summed E-state index contributed by atoms with van der Waals surface area (Å²) in [6.45, 7) is 1.52. The number of esters is 1. The molecule has 4 aromatic rings. The highest BCUT2D eigenvalue weighted by atomic mass is 16.5. The van der Waals surface area contributed by atoms with Gasteiger partial charge >= 0.3 is 5.97 Å². The number of ketones is 1. The Bertz CT molecular complexity index is 1310. The van der Waals surface area contributed by atoms with E-state index in [0.29, 0.717) is 34.0 Å². The first-order chi connectivity index (χ1) is 15.5. The number of ether oxygens (including phenoxy) is 2. The predicted molar refractivity (Wildman–Crippen MR) is 123 cm³/mol. The Balaban J connectivity index is 1.60. The van der Waals surface area contributed by atoms with Crippen molar-refractivity contribution in [3.63, 3.8) is 0 Å². The van der Waals surface area contributed by atoms with Crippen LogP contribution in [0.25, 0.3) is 10.8 Å². The Morgan fingerprint density at radius 3 is 2.03 bits per heavy atom. The van der Waals surface area contributed by atoms with Crippen LogP contribution in [0.4, 0.5) is 11.4 Å². The Labute approximate surface area is 185 Å². The molecule has 0 fully saturated rings. The van der Waals surface area contributed by atoms with Crippen molar-refractivity contribution in [2.75, 3.05) is 7.11 Å². The summed E-state index contributed by atoms with van der Waals surface area (Å²) in [5, 5.41) is 10.2. The number of carbonyl (C=O) groups is 2. The highest BCUT2D eigenvalue weighted by molar-refractivity contribution is 6.00. The lowest BCUT2D eigenvalue weighted by atomic mass is 10.1. The summed E-state index contributed by atoms with van der Waals surface area (Å²) in [4.78, 5) is 24.0. The molecular formula is C26H20N2O4. The van der Waals surface area contributed by atoms with Gasteiger partial charge in [0.15, 0.2) is 5.78 Å². The fourth-order valence-corrected chi connectivity index (χ4v) is 3.19. The van der Waals surface area contributed by atoms with Crippen LogP contribution in [-0.2, 0) is 0 Å². The van der Waals surface area contributed by atoms with Crippen LogP contribution in [-0.4, -0.2) is 18.9 Å². The fourth-order valence-electron chi connectivity index (χ4n) is 3.19. The molecule has 4 rings (SSSR count). The summed E-state index contributed by atoms with van der Waals surface area (Å²) in [7, 11) is 1.57. The molecule has 0 atom stereocenters. The Kier molecular flexibility index (Phi) is 6.03. The third-order valence-corrected chi connectivity index (χ3v) is 4.94. The number of rotatable bonds is 6. The van der Waals surface area contributed by atoms with E-state index in [0.717, 1.165) is 10.8 Å². The van der Waals surface area contributed by atoms with Gasteiger partial charge in [0, 0.05) is 16.3 Å². The lowest BCUT2D eigenvalue weighted by Gasteiger charge is -2.09. The average molecular weight is 424 g/mol. The van der Waals surface area contributed by atoms with Crippen molar-refractivity contribution in [1.29, 1.82) is 0 Å². The molecule has 0 aliphatic rings. The Morgan fingerprint density at radius 2 is 1.38 bits per heavy atom. The van der Waals surface area contributed by atoms with Crippen LogP contribution in [0, 0.1) is 0 Å². The second-order valence-corrected chi connectivity index (χ2v) is 7.05. The van der Waals surface area contributed by atoms with Gasteiger partial charge in [-0.25, -0.2) is 4.79 Å². The third kappa shape index (κ3) is 4.54. The van der Waals surface area contributed by atoms with E-state index in [-0.39, 0.29) is 5.78 Å². The number of azo groups is 1. The number of benzene rings is 4. The molecule has 0 saturated heterocycles. The largest absolute Gasteiger partial charge is 0.497 e. The minimum atomic E-state index is -0.460.